The monoisotopic (exact) mass is 282 g/mol. The summed E-state index contributed by atoms with van der Waals surface area (Å²) in [5, 5.41) is 3.30. The van der Waals surface area contributed by atoms with Crippen LogP contribution >= 0.6 is 12.4 Å². The van der Waals surface area contributed by atoms with E-state index in [-0.39, 0.29) is 23.7 Å². The van der Waals surface area contributed by atoms with Crippen molar-refractivity contribution in [2.75, 3.05) is 13.6 Å². The fourth-order valence-electron chi connectivity index (χ4n) is 2.43. The lowest BCUT2D eigenvalue weighted by molar-refractivity contribution is 0.0745. The summed E-state index contributed by atoms with van der Waals surface area (Å²) in [5.41, 5.74) is 3.49. The largest absolute Gasteiger partial charge is 0.341 e. The Morgan fingerprint density at radius 3 is 2.53 bits per heavy atom. The zero-order valence-electron chi connectivity index (χ0n) is 12.1. The highest BCUT2D eigenvalue weighted by atomic mass is 35.5. The molecule has 0 fully saturated rings. The Bertz CT molecular complexity index is 466. The Kier molecular flexibility index (Phi) is 4.99. The van der Waals surface area contributed by atoms with E-state index >= 15 is 0 Å². The van der Waals surface area contributed by atoms with E-state index in [1.54, 1.807) is 0 Å². The van der Waals surface area contributed by atoms with Gasteiger partial charge in [-0.3, -0.25) is 4.79 Å². The van der Waals surface area contributed by atoms with E-state index in [2.05, 4.69) is 32.2 Å². The van der Waals surface area contributed by atoms with Crippen molar-refractivity contribution in [2.24, 2.45) is 5.41 Å². The maximum Gasteiger partial charge on any atom is 0.253 e. The van der Waals surface area contributed by atoms with Crippen LogP contribution in [0.4, 0.5) is 0 Å². The average Bonchev–Trinajstić information content (AvgIpc) is 2.72. The molecule has 1 amide bonds. The van der Waals surface area contributed by atoms with Crippen molar-refractivity contribution in [1.82, 2.24) is 10.2 Å². The van der Waals surface area contributed by atoms with E-state index in [9.17, 15) is 4.79 Å². The third-order valence-electron chi connectivity index (χ3n) is 3.14. The molecule has 2 rings (SSSR count). The summed E-state index contributed by atoms with van der Waals surface area (Å²) >= 11 is 0. The maximum atomic E-state index is 12.3. The predicted octanol–water partition coefficient (Wildman–Crippen LogP) is 2.83. The fraction of sp³-hybridized carbons (Fsp3) is 0.533. The van der Waals surface area contributed by atoms with Gasteiger partial charge in [-0.25, -0.2) is 0 Å². The first-order valence-corrected chi connectivity index (χ1v) is 6.45. The van der Waals surface area contributed by atoms with Gasteiger partial charge < -0.3 is 10.2 Å². The standard InChI is InChI=1S/C15H22N2O.ClH/c1-15(2,3)10-17(4)14(18)11-5-6-12-8-16-9-13(12)7-11;/h5-7,16H,8-10H2,1-4H3;1H. The molecule has 0 atom stereocenters. The molecule has 0 aliphatic carbocycles. The number of amides is 1. The van der Waals surface area contributed by atoms with Gasteiger partial charge in [0.2, 0.25) is 0 Å². The van der Waals surface area contributed by atoms with E-state index < -0.39 is 0 Å². The summed E-state index contributed by atoms with van der Waals surface area (Å²) < 4.78 is 0. The number of rotatable bonds is 2. The van der Waals surface area contributed by atoms with Gasteiger partial charge in [0.05, 0.1) is 0 Å². The molecule has 0 bridgehead atoms. The van der Waals surface area contributed by atoms with Gasteiger partial charge in [0.15, 0.2) is 0 Å². The third kappa shape index (κ3) is 3.95. The van der Waals surface area contributed by atoms with Crippen LogP contribution in [0.25, 0.3) is 0 Å². The normalized spacial score (nSPS) is 13.7. The molecule has 1 aliphatic heterocycles. The first-order chi connectivity index (χ1) is 8.37. The van der Waals surface area contributed by atoms with Crippen LogP contribution in [0.15, 0.2) is 18.2 Å². The van der Waals surface area contributed by atoms with Crippen molar-refractivity contribution < 1.29 is 4.79 Å². The number of benzene rings is 1. The van der Waals surface area contributed by atoms with Gasteiger partial charge in [-0.1, -0.05) is 26.8 Å². The molecule has 1 aromatic carbocycles. The van der Waals surface area contributed by atoms with Crippen molar-refractivity contribution in [3.05, 3.63) is 34.9 Å². The topological polar surface area (TPSA) is 32.3 Å². The summed E-state index contributed by atoms with van der Waals surface area (Å²) in [6.07, 6.45) is 0. The third-order valence-corrected chi connectivity index (χ3v) is 3.14. The molecule has 0 saturated carbocycles. The van der Waals surface area contributed by atoms with Crippen LogP contribution in [-0.4, -0.2) is 24.4 Å². The van der Waals surface area contributed by atoms with Gasteiger partial charge in [0.25, 0.3) is 5.91 Å². The minimum absolute atomic E-state index is 0. The minimum Gasteiger partial charge on any atom is -0.341 e. The number of hydrogen-bond donors (Lipinski definition) is 1. The highest BCUT2D eigenvalue weighted by molar-refractivity contribution is 5.94. The number of nitrogens with zero attached hydrogens (tertiary/aromatic N) is 1. The van der Waals surface area contributed by atoms with Crippen molar-refractivity contribution in [3.63, 3.8) is 0 Å². The van der Waals surface area contributed by atoms with Crippen LogP contribution in [0.2, 0.25) is 0 Å². The van der Waals surface area contributed by atoms with E-state index in [1.807, 2.05) is 24.1 Å². The molecular weight excluding hydrogens is 260 g/mol. The second kappa shape index (κ2) is 5.93. The molecular formula is C15H23ClN2O. The summed E-state index contributed by atoms with van der Waals surface area (Å²) in [6, 6.07) is 6.03. The molecule has 19 heavy (non-hydrogen) atoms. The van der Waals surface area contributed by atoms with Crippen molar-refractivity contribution in [1.29, 1.82) is 0 Å². The van der Waals surface area contributed by atoms with E-state index in [1.165, 1.54) is 11.1 Å². The molecule has 3 nitrogen and oxygen atoms in total. The Balaban J connectivity index is 0.00000180. The molecule has 0 spiro atoms. The van der Waals surface area contributed by atoms with Crippen molar-refractivity contribution >= 4 is 18.3 Å². The lowest BCUT2D eigenvalue weighted by Crippen LogP contribution is -2.34. The molecule has 1 N–H and O–H groups in total. The van der Waals surface area contributed by atoms with Gasteiger partial charge in [0.1, 0.15) is 0 Å². The van der Waals surface area contributed by atoms with Gasteiger partial charge in [-0.2, -0.15) is 0 Å². The van der Waals surface area contributed by atoms with Crippen LogP contribution in [0.1, 0.15) is 42.3 Å². The van der Waals surface area contributed by atoms with Crippen LogP contribution in [-0.2, 0) is 13.1 Å². The first kappa shape index (κ1) is 16.0. The maximum absolute atomic E-state index is 12.3. The highest BCUT2D eigenvalue weighted by Gasteiger charge is 2.20. The van der Waals surface area contributed by atoms with Gasteiger partial charge in [-0.05, 0) is 28.7 Å². The van der Waals surface area contributed by atoms with Crippen LogP contribution < -0.4 is 5.32 Å². The lowest BCUT2D eigenvalue weighted by atomic mass is 9.96. The Labute approximate surface area is 121 Å². The van der Waals surface area contributed by atoms with E-state index in [4.69, 9.17) is 0 Å². The molecule has 106 valence electrons. The summed E-state index contributed by atoms with van der Waals surface area (Å²) in [6.45, 7) is 8.98. The van der Waals surface area contributed by atoms with Gasteiger partial charge in [0, 0.05) is 32.2 Å². The van der Waals surface area contributed by atoms with E-state index in [0.29, 0.717) is 0 Å². The van der Waals surface area contributed by atoms with Gasteiger partial charge >= 0.3 is 0 Å². The summed E-state index contributed by atoms with van der Waals surface area (Å²) in [7, 11) is 1.87. The zero-order chi connectivity index (χ0) is 13.3. The second-order valence-corrected chi connectivity index (χ2v) is 6.31. The molecule has 1 aliphatic rings. The zero-order valence-corrected chi connectivity index (χ0v) is 12.9. The Morgan fingerprint density at radius 2 is 1.89 bits per heavy atom. The summed E-state index contributed by atoms with van der Waals surface area (Å²) in [4.78, 5) is 14.1. The van der Waals surface area contributed by atoms with Crippen LogP contribution in [0.5, 0.6) is 0 Å². The van der Waals surface area contributed by atoms with Crippen LogP contribution in [0, 0.1) is 5.41 Å². The van der Waals surface area contributed by atoms with Gasteiger partial charge in [-0.15, -0.1) is 12.4 Å². The molecule has 4 heteroatoms. The quantitative estimate of drug-likeness (QED) is 0.905. The van der Waals surface area contributed by atoms with Crippen molar-refractivity contribution in [3.8, 4) is 0 Å². The number of hydrogen-bond acceptors (Lipinski definition) is 2. The highest BCUT2D eigenvalue weighted by Crippen LogP contribution is 2.20. The van der Waals surface area contributed by atoms with E-state index in [0.717, 1.165) is 25.2 Å². The number of nitrogens with one attached hydrogen (secondary N) is 1. The molecule has 1 aromatic rings. The molecule has 1 heterocycles. The predicted molar refractivity (Wildman–Crippen MR) is 80.6 cm³/mol. The van der Waals surface area contributed by atoms with Crippen LogP contribution in [0.3, 0.4) is 0 Å². The Morgan fingerprint density at radius 1 is 1.26 bits per heavy atom. The number of carbonyl (C=O) groups excluding carboxylic acids is 1. The number of carbonyl (C=O) groups is 1. The fourth-order valence-corrected chi connectivity index (χ4v) is 2.43. The lowest BCUT2D eigenvalue weighted by Gasteiger charge is -2.26. The number of halogens is 1. The van der Waals surface area contributed by atoms with Crippen molar-refractivity contribution in [2.45, 2.75) is 33.9 Å². The Hall–Kier alpha value is -1.06. The first-order valence-electron chi connectivity index (χ1n) is 6.45. The molecule has 0 unspecified atom stereocenters. The summed E-state index contributed by atoms with van der Waals surface area (Å²) in [5.74, 6) is 0.111. The minimum atomic E-state index is 0. The average molecular weight is 283 g/mol. The molecule has 0 aromatic heterocycles. The molecule has 0 radical (unpaired) electrons. The smallest absolute Gasteiger partial charge is 0.253 e. The SMILES string of the molecule is CN(CC(C)(C)C)C(=O)c1ccc2c(c1)CNC2.Cl. The molecule has 0 saturated heterocycles. The second-order valence-electron chi connectivity index (χ2n) is 6.31. The number of fused-ring (bicyclic) bond motifs is 1.